The molecule has 0 saturated carbocycles. The Kier molecular flexibility index (Phi) is 37.8. The van der Waals surface area contributed by atoms with Crippen molar-refractivity contribution in [1.29, 1.82) is 0 Å². The van der Waals surface area contributed by atoms with Gasteiger partial charge in [-0.25, -0.2) is 0 Å². The van der Waals surface area contributed by atoms with E-state index in [1.807, 2.05) is 0 Å². The maximum atomic E-state index is 2.48. The topological polar surface area (TPSA) is 0 Å². The van der Waals surface area contributed by atoms with Crippen molar-refractivity contribution in [3.8, 4) is 0 Å². The summed E-state index contributed by atoms with van der Waals surface area (Å²) in [4.78, 5) is 0. The molecule has 0 fully saturated rings. The van der Waals surface area contributed by atoms with Crippen molar-refractivity contribution in [1.82, 2.24) is 0 Å². The van der Waals surface area contributed by atoms with Crippen molar-refractivity contribution in [2.45, 2.75) is 212 Å². The van der Waals surface area contributed by atoms with Crippen LogP contribution in [0.1, 0.15) is 212 Å². The van der Waals surface area contributed by atoms with E-state index in [1.165, 1.54) is 212 Å². The second-order valence-corrected chi connectivity index (χ2v) is 19.0. The summed E-state index contributed by atoms with van der Waals surface area (Å²) in [5, 5.41) is 0. The molecule has 0 atom stereocenters. The van der Waals surface area contributed by atoms with Gasteiger partial charge in [0, 0.05) is 27.3 Å². The third kappa shape index (κ3) is 41.1. The van der Waals surface area contributed by atoms with Gasteiger partial charge in [-0.2, -0.15) is 0 Å². The maximum Gasteiger partial charge on any atom is 0.0586 e. The van der Waals surface area contributed by atoms with Crippen molar-refractivity contribution in [2.24, 2.45) is 0 Å². The summed E-state index contributed by atoms with van der Waals surface area (Å²) in [6.45, 7) is 9.75. The molecule has 238 valence electrons. The fourth-order valence-electron chi connectivity index (χ4n) is 5.96. The predicted octanol–water partition coefficient (Wildman–Crippen LogP) is 11.4. The van der Waals surface area contributed by atoms with Crippen molar-refractivity contribution in [3.63, 3.8) is 0 Å². The Morgan fingerprint density at radius 2 is 0.410 bits per heavy atom. The highest BCUT2D eigenvalue weighted by molar-refractivity contribution is 7.73. The zero-order chi connectivity index (χ0) is 27.8. The summed E-state index contributed by atoms with van der Waals surface area (Å²) < 4.78 is 0. The molecule has 0 aromatic heterocycles. The molecule has 0 N–H and O–H groups in total. The van der Waals surface area contributed by atoms with Gasteiger partial charge in [0.25, 0.3) is 0 Å². The fraction of sp³-hybridized carbons (Fsp3) is 1.00. The largest absolute Gasteiger partial charge is 1.00 e. The van der Waals surface area contributed by atoms with Crippen LogP contribution in [0.15, 0.2) is 0 Å². The van der Waals surface area contributed by atoms with E-state index in [1.54, 1.807) is 0 Å². The molecule has 39 heavy (non-hydrogen) atoms. The Morgan fingerprint density at radius 3 is 0.564 bits per heavy atom. The molecule has 0 bridgehead atoms. The number of halogens is 1. The van der Waals surface area contributed by atoms with Crippen LogP contribution >= 0.6 is 7.26 Å². The molecule has 0 aliphatic heterocycles. The first-order chi connectivity index (χ1) is 18.6. The first-order valence-corrected chi connectivity index (χ1v) is 21.7. The van der Waals surface area contributed by atoms with Crippen LogP contribution in [0.3, 0.4) is 0 Å². The summed E-state index contributed by atoms with van der Waals surface area (Å²) in [7, 11) is -0.519. The lowest BCUT2D eigenvalue weighted by Gasteiger charge is -2.10. The summed E-state index contributed by atoms with van der Waals surface area (Å²) in [5.41, 5.74) is 0. The highest BCUT2D eigenvalue weighted by atomic mass is 79.9. The minimum atomic E-state index is -0.519. The molecule has 0 unspecified atom stereocenters. The summed E-state index contributed by atoms with van der Waals surface area (Å²) in [6.07, 6.45) is 49.1. The van der Waals surface area contributed by atoms with E-state index in [2.05, 4.69) is 26.9 Å². The van der Waals surface area contributed by atoms with Gasteiger partial charge in [0.15, 0.2) is 0 Å². The fourth-order valence-corrected chi connectivity index (χ4v) is 7.13. The first kappa shape index (κ1) is 42.0. The van der Waals surface area contributed by atoms with Crippen LogP contribution < -0.4 is 17.0 Å². The highest BCUT2D eigenvalue weighted by Gasteiger charge is 2.15. The van der Waals surface area contributed by atoms with Gasteiger partial charge < -0.3 is 17.0 Å². The molecule has 0 spiro atoms. The Bertz CT molecular complexity index is 416. The van der Waals surface area contributed by atoms with Gasteiger partial charge in [0.1, 0.15) is 0 Å². The number of hydrogen-bond acceptors (Lipinski definition) is 0. The molecule has 0 amide bonds. The molecule has 0 nitrogen and oxygen atoms in total. The molecule has 0 rings (SSSR count). The molecular weight excluding hydrogens is 555 g/mol. The van der Waals surface area contributed by atoms with Crippen molar-refractivity contribution < 1.29 is 17.0 Å². The van der Waals surface area contributed by atoms with E-state index in [9.17, 15) is 0 Å². The van der Waals surface area contributed by atoms with Crippen LogP contribution in [0.25, 0.3) is 0 Å². The standard InChI is InChI=1S/C37H78P.BrH/c1-5-6-7-8-9-10-11-12-13-14-15-16-17-18-19-20-21-22-23-24-25-26-27-28-29-30-31-32-33-34-35-36-37-38(2,3)4;/h5-37H2,1-4H3;1H/q+1;/p-1. The molecule has 0 heterocycles. The van der Waals surface area contributed by atoms with Crippen LogP contribution in [-0.2, 0) is 0 Å². The Hall–Kier alpha value is 0.910. The third-order valence-corrected chi connectivity index (χ3v) is 10.3. The molecule has 0 saturated heterocycles. The maximum absolute atomic E-state index is 2.48. The van der Waals surface area contributed by atoms with E-state index >= 15 is 0 Å². The van der Waals surface area contributed by atoms with Crippen LogP contribution in [-0.4, -0.2) is 26.2 Å². The van der Waals surface area contributed by atoms with Crippen molar-refractivity contribution in [2.75, 3.05) is 26.2 Å². The zero-order valence-electron chi connectivity index (χ0n) is 28.2. The SMILES string of the molecule is CCCCCCCCCCCCCCCCCCCCCCCCCCCCCCCCCC[P+](C)(C)C.[Br-]. The van der Waals surface area contributed by atoms with E-state index in [0.717, 1.165) is 0 Å². The Morgan fingerprint density at radius 1 is 0.256 bits per heavy atom. The lowest BCUT2D eigenvalue weighted by atomic mass is 10.0. The monoisotopic (exact) mass is 633 g/mol. The number of rotatable bonds is 33. The van der Waals surface area contributed by atoms with Gasteiger partial charge in [-0.1, -0.05) is 200 Å². The van der Waals surface area contributed by atoms with E-state index < -0.39 is 7.26 Å². The summed E-state index contributed by atoms with van der Waals surface area (Å²) in [6, 6.07) is 0. The van der Waals surface area contributed by atoms with Gasteiger partial charge in [-0.05, 0) is 12.8 Å². The van der Waals surface area contributed by atoms with Gasteiger partial charge in [0.2, 0.25) is 0 Å². The molecule has 0 aliphatic rings. The quantitative estimate of drug-likeness (QED) is 0.0498. The summed E-state index contributed by atoms with van der Waals surface area (Å²) >= 11 is 0. The minimum absolute atomic E-state index is 0. The van der Waals surface area contributed by atoms with Crippen molar-refractivity contribution >= 4 is 7.26 Å². The van der Waals surface area contributed by atoms with Gasteiger partial charge >= 0.3 is 0 Å². The molecular formula is C37H78BrP. The third-order valence-electron chi connectivity index (χ3n) is 8.68. The Labute approximate surface area is 261 Å². The number of unbranched alkanes of at least 4 members (excludes halogenated alkanes) is 31. The lowest BCUT2D eigenvalue weighted by molar-refractivity contribution is -0.00000872. The lowest BCUT2D eigenvalue weighted by Crippen LogP contribution is -3.00. The molecule has 0 aliphatic carbocycles. The van der Waals surface area contributed by atoms with Crippen LogP contribution in [0.2, 0.25) is 0 Å². The first-order valence-electron chi connectivity index (χ1n) is 18.4. The highest BCUT2D eigenvalue weighted by Crippen LogP contribution is 2.47. The van der Waals surface area contributed by atoms with E-state index in [0.29, 0.717) is 0 Å². The number of hydrogen-bond donors (Lipinski definition) is 0. The summed E-state index contributed by atoms with van der Waals surface area (Å²) in [5.74, 6) is 0. The zero-order valence-corrected chi connectivity index (χ0v) is 30.6. The second kappa shape index (κ2) is 35.1. The molecule has 2 heteroatoms. The molecule has 0 radical (unpaired) electrons. The second-order valence-electron chi connectivity index (χ2n) is 14.0. The average molecular weight is 634 g/mol. The van der Waals surface area contributed by atoms with Gasteiger partial charge in [0.05, 0.1) is 6.16 Å². The molecule has 0 aromatic rings. The van der Waals surface area contributed by atoms with Gasteiger partial charge in [-0.15, -0.1) is 0 Å². The van der Waals surface area contributed by atoms with Crippen LogP contribution in [0.5, 0.6) is 0 Å². The van der Waals surface area contributed by atoms with E-state index in [4.69, 9.17) is 0 Å². The smallest absolute Gasteiger partial charge is 0.0586 e. The normalized spacial score (nSPS) is 11.7. The Balaban J connectivity index is 0. The van der Waals surface area contributed by atoms with Crippen LogP contribution in [0.4, 0.5) is 0 Å². The minimum Gasteiger partial charge on any atom is -1.00 e. The van der Waals surface area contributed by atoms with E-state index in [-0.39, 0.29) is 17.0 Å². The van der Waals surface area contributed by atoms with Crippen LogP contribution in [0, 0.1) is 0 Å². The van der Waals surface area contributed by atoms with Crippen molar-refractivity contribution in [3.05, 3.63) is 0 Å². The van der Waals surface area contributed by atoms with Gasteiger partial charge in [-0.3, -0.25) is 0 Å². The average Bonchev–Trinajstić information content (AvgIpc) is 2.88. The molecule has 0 aromatic carbocycles. The predicted molar refractivity (Wildman–Crippen MR) is 183 cm³/mol.